The van der Waals surface area contributed by atoms with E-state index in [2.05, 4.69) is 10.9 Å². The highest BCUT2D eigenvalue weighted by atomic mass is 16.6. The fourth-order valence-electron chi connectivity index (χ4n) is 2.52. The molecule has 2 aromatic rings. The van der Waals surface area contributed by atoms with Crippen molar-refractivity contribution < 1.29 is 33.3 Å². The van der Waals surface area contributed by atoms with Crippen LogP contribution in [0.15, 0.2) is 48.5 Å². The number of esters is 1. The standard InChI is InChI=1S/C21H22N2O7/c1-2-11-27-15-9-7-14(8-10-15)21(26)29-13-19(24)22-23-20(25)18-12-28-16-5-3-4-6-17(16)30-18/h3-10,18H,2,11-13H2,1H3,(H,22,24)(H,23,25)/t18-/m0/s1. The van der Waals surface area contributed by atoms with Gasteiger partial charge in [0.1, 0.15) is 12.4 Å². The molecule has 1 heterocycles. The number of rotatable bonds is 7. The number of amides is 2. The van der Waals surface area contributed by atoms with Gasteiger partial charge in [0, 0.05) is 0 Å². The van der Waals surface area contributed by atoms with Crippen molar-refractivity contribution in [1.29, 1.82) is 0 Å². The lowest BCUT2D eigenvalue weighted by Crippen LogP contribution is -2.51. The molecule has 0 radical (unpaired) electrons. The number of hydrogen-bond acceptors (Lipinski definition) is 7. The van der Waals surface area contributed by atoms with Crippen LogP contribution in [0.1, 0.15) is 23.7 Å². The van der Waals surface area contributed by atoms with Crippen molar-refractivity contribution in [3.8, 4) is 17.2 Å². The summed E-state index contributed by atoms with van der Waals surface area (Å²) in [6, 6.07) is 13.3. The van der Waals surface area contributed by atoms with Crippen molar-refractivity contribution in [2.24, 2.45) is 0 Å². The summed E-state index contributed by atoms with van der Waals surface area (Å²) in [7, 11) is 0. The molecule has 2 aromatic carbocycles. The van der Waals surface area contributed by atoms with E-state index in [1.165, 1.54) is 0 Å². The number of fused-ring (bicyclic) bond motifs is 1. The molecule has 1 aliphatic heterocycles. The second-order valence-corrected chi connectivity index (χ2v) is 6.35. The minimum Gasteiger partial charge on any atom is -0.494 e. The van der Waals surface area contributed by atoms with Crippen LogP contribution in [-0.4, -0.2) is 43.7 Å². The maximum Gasteiger partial charge on any atom is 0.338 e. The zero-order valence-electron chi connectivity index (χ0n) is 16.4. The quantitative estimate of drug-likeness (QED) is 0.523. The number of hydrazine groups is 1. The fourth-order valence-corrected chi connectivity index (χ4v) is 2.52. The first-order valence-corrected chi connectivity index (χ1v) is 9.44. The average molecular weight is 414 g/mol. The van der Waals surface area contributed by atoms with Gasteiger partial charge in [0.2, 0.25) is 6.10 Å². The van der Waals surface area contributed by atoms with E-state index in [1.807, 2.05) is 6.92 Å². The first kappa shape index (κ1) is 21.0. The Morgan fingerprint density at radius 3 is 2.50 bits per heavy atom. The molecule has 158 valence electrons. The lowest BCUT2D eigenvalue weighted by molar-refractivity contribution is -0.135. The highest BCUT2D eigenvalue weighted by Gasteiger charge is 2.27. The largest absolute Gasteiger partial charge is 0.494 e. The van der Waals surface area contributed by atoms with Gasteiger partial charge in [-0.3, -0.25) is 20.4 Å². The minimum atomic E-state index is -0.920. The van der Waals surface area contributed by atoms with Gasteiger partial charge in [0.05, 0.1) is 12.2 Å². The summed E-state index contributed by atoms with van der Waals surface area (Å²) in [5.41, 5.74) is 4.67. The molecule has 2 N–H and O–H groups in total. The Bertz CT molecular complexity index is 898. The summed E-state index contributed by atoms with van der Waals surface area (Å²) >= 11 is 0. The maximum absolute atomic E-state index is 12.1. The zero-order valence-corrected chi connectivity index (χ0v) is 16.4. The van der Waals surface area contributed by atoms with Crippen LogP contribution < -0.4 is 25.1 Å². The summed E-state index contributed by atoms with van der Waals surface area (Å²) in [5.74, 6) is -0.328. The van der Waals surface area contributed by atoms with Crippen molar-refractivity contribution in [3.63, 3.8) is 0 Å². The van der Waals surface area contributed by atoms with Crippen LogP contribution in [0.5, 0.6) is 17.2 Å². The van der Waals surface area contributed by atoms with Crippen molar-refractivity contribution in [2.75, 3.05) is 19.8 Å². The molecule has 9 heteroatoms. The monoisotopic (exact) mass is 414 g/mol. The molecule has 9 nitrogen and oxygen atoms in total. The van der Waals surface area contributed by atoms with Crippen LogP contribution in [0.3, 0.4) is 0 Å². The topological polar surface area (TPSA) is 112 Å². The Hall–Kier alpha value is -3.75. The molecule has 3 rings (SSSR count). The van der Waals surface area contributed by atoms with Gasteiger partial charge in [-0.25, -0.2) is 4.79 Å². The average Bonchev–Trinajstić information content (AvgIpc) is 2.79. The van der Waals surface area contributed by atoms with E-state index >= 15 is 0 Å². The number of ether oxygens (including phenoxy) is 4. The predicted octanol–water partition coefficient (Wildman–Crippen LogP) is 1.62. The maximum atomic E-state index is 12.1. The number of carbonyl (C=O) groups is 3. The molecule has 0 fully saturated rings. The molecule has 0 spiro atoms. The van der Waals surface area contributed by atoms with Gasteiger partial charge in [-0.05, 0) is 42.8 Å². The molecule has 0 saturated heterocycles. The highest BCUT2D eigenvalue weighted by molar-refractivity contribution is 5.92. The van der Waals surface area contributed by atoms with E-state index in [0.29, 0.717) is 23.9 Å². The third kappa shape index (κ3) is 5.63. The minimum absolute atomic E-state index is 0.00562. The Morgan fingerprint density at radius 1 is 1.03 bits per heavy atom. The number of benzene rings is 2. The Labute approximate surface area is 173 Å². The van der Waals surface area contributed by atoms with E-state index in [-0.39, 0.29) is 12.2 Å². The lowest BCUT2D eigenvalue weighted by atomic mass is 10.2. The Kier molecular flexibility index (Phi) is 7.09. The molecule has 0 aliphatic carbocycles. The smallest absolute Gasteiger partial charge is 0.338 e. The van der Waals surface area contributed by atoms with Gasteiger partial charge in [0.25, 0.3) is 11.8 Å². The molecule has 1 atom stereocenters. The van der Waals surface area contributed by atoms with Crippen molar-refractivity contribution >= 4 is 17.8 Å². The first-order valence-electron chi connectivity index (χ1n) is 9.44. The number of nitrogens with one attached hydrogen (secondary N) is 2. The van der Waals surface area contributed by atoms with E-state index in [1.54, 1.807) is 48.5 Å². The number of hydrogen-bond donors (Lipinski definition) is 2. The van der Waals surface area contributed by atoms with Crippen LogP contribution in [0, 0.1) is 0 Å². The summed E-state index contributed by atoms with van der Waals surface area (Å²) < 4.78 is 21.3. The van der Waals surface area contributed by atoms with Gasteiger partial charge < -0.3 is 18.9 Å². The molecule has 0 bridgehead atoms. The summed E-state index contributed by atoms with van der Waals surface area (Å²) in [6.45, 7) is 2.03. The molecular formula is C21H22N2O7. The molecule has 0 aromatic heterocycles. The van der Waals surface area contributed by atoms with Crippen molar-refractivity contribution in [2.45, 2.75) is 19.4 Å². The normalized spacial score (nSPS) is 14.4. The van der Waals surface area contributed by atoms with Gasteiger partial charge in [0.15, 0.2) is 18.1 Å². The third-order valence-electron chi connectivity index (χ3n) is 4.02. The van der Waals surface area contributed by atoms with Gasteiger partial charge in [-0.15, -0.1) is 0 Å². The molecule has 30 heavy (non-hydrogen) atoms. The van der Waals surface area contributed by atoms with Gasteiger partial charge in [-0.2, -0.15) is 0 Å². The van der Waals surface area contributed by atoms with E-state index < -0.39 is 30.5 Å². The first-order chi connectivity index (χ1) is 14.6. The van der Waals surface area contributed by atoms with Crippen LogP contribution in [0.25, 0.3) is 0 Å². The summed E-state index contributed by atoms with van der Waals surface area (Å²) in [6.07, 6.45) is -0.0426. The molecule has 1 aliphatic rings. The summed E-state index contributed by atoms with van der Waals surface area (Å²) in [4.78, 5) is 36.0. The van der Waals surface area contributed by atoms with Gasteiger partial charge >= 0.3 is 5.97 Å². The lowest BCUT2D eigenvalue weighted by Gasteiger charge is -2.25. The zero-order chi connectivity index (χ0) is 21.3. The second-order valence-electron chi connectivity index (χ2n) is 6.35. The number of para-hydroxylation sites is 2. The Morgan fingerprint density at radius 2 is 1.77 bits per heavy atom. The number of carbonyl (C=O) groups excluding carboxylic acids is 3. The predicted molar refractivity (Wildman–Crippen MR) is 105 cm³/mol. The van der Waals surface area contributed by atoms with Crippen molar-refractivity contribution in [1.82, 2.24) is 10.9 Å². The van der Waals surface area contributed by atoms with Crippen LogP contribution in [-0.2, 0) is 14.3 Å². The Balaban J connectivity index is 1.39. The van der Waals surface area contributed by atoms with Crippen LogP contribution in [0.4, 0.5) is 0 Å². The van der Waals surface area contributed by atoms with E-state index in [4.69, 9.17) is 18.9 Å². The van der Waals surface area contributed by atoms with Crippen molar-refractivity contribution in [3.05, 3.63) is 54.1 Å². The SMILES string of the molecule is CCCOc1ccc(C(=O)OCC(=O)NNC(=O)[C@@H]2COc3ccccc3O2)cc1. The van der Waals surface area contributed by atoms with Gasteiger partial charge in [-0.1, -0.05) is 19.1 Å². The molecule has 0 saturated carbocycles. The van der Waals surface area contributed by atoms with E-state index in [0.717, 1.165) is 6.42 Å². The molecule has 0 unspecified atom stereocenters. The summed E-state index contributed by atoms with van der Waals surface area (Å²) in [5, 5.41) is 0. The van der Waals surface area contributed by atoms with Crippen LogP contribution in [0.2, 0.25) is 0 Å². The highest BCUT2D eigenvalue weighted by Crippen LogP contribution is 2.30. The van der Waals surface area contributed by atoms with Crippen LogP contribution >= 0.6 is 0 Å². The third-order valence-corrected chi connectivity index (χ3v) is 4.02. The molecule has 2 amide bonds. The molecular weight excluding hydrogens is 392 g/mol. The van der Waals surface area contributed by atoms with E-state index in [9.17, 15) is 14.4 Å². The second kappa shape index (κ2) is 10.1. The fraction of sp³-hybridized carbons (Fsp3) is 0.286.